The first-order chi connectivity index (χ1) is 35.4. The number of fused-ring (bicyclic) bond motifs is 16. The quantitative estimate of drug-likeness (QED) is 0.125. The van der Waals surface area contributed by atoms with E-state index >= 15 is 0 Å². The summed E-state index contributed by atoms with van der Waals surface area (Å²) in [5.41, 5.74) is 10.2. The minimum atomic E-state index is -0.193. The molecule has 0 radical (unpaired) electrons. The number of rotatable bonds is 0. The van der Waals surface area contributed by atoms with E-state index in [1.165, 1.54) is 0 Å². The Labute approximate surface area is 473 Å². The smallest absolute Gasteiger partial charge is 0.172 e. The minimum absolute atomic E-state index is 0.193. The van der Waals surface area contributed by atoms with Crippen molar-refractivity contribution in [3.63, 3.8) is 0 Å². The van der Waals surface area contributed by atoms with Crippen LogP contribution in [0.4, 0.5) is 0 Å². The topological polar surface area (TPSA) is 107 Å². The summed E-state index contributed by atoms with van der Waals surface area (Å²) in [4.78, 5) is 17.3. The summed E-state index contributed by atoms with van der Waals surface area (Å²) >= 11 is 25.0. The van der Waals surface area contributed by atoms with Gasteiger partial charge in [0, 0.05) is 149 Å². The number of benzene rings is 4. The van der Waals surface area contributed by atoms with Gasteiger partial charge in [0.15, 0.2) is 20.4 Å². The molecule has 5 aliphatic rings. The third-order valence-corrected chi connectivity index (χ3v) is 18.2. The Morgan fingerprint density at radius 3 is 0.487 bits per heavy atom. The van der Waals surface area contributed by atoms with Gasteiger partial charge < -0.3 is 59.6 Å². The molecule has 4 N–H and O–H groups in total. The van der Waals surface area contributed by atoms with Crippen LogP contribution < -0.4 is 0 Å². The summed E-state index contributed by atoms with van der Waals surface area (Å²) in [6.07, 6.45) is 0. The Hall–Kier alpha value is -5.16. The van der Waals surface area contributed by atoms with Crippen LogP contribution in [-0.4, -0.2) is 132 Å². The lowest BCUT2D eigenvalue weighted by Gasteiger charge is -2.29. The molecule has 76 heavy (non-hydrogen) atoms. The highest BCUT2D eigenvalue weighted by atomic mass is 32.1. The van der Waals surface area contributed by atoms with E-state index < -0.39 is 0 Å². The number of hydrogen-bond donors (Lipinski definition) is 4. The van der Waals surface area contributed by atoms with Gasteiger partial charge in [-0.1, -0.05) is 83.1 Å². The molecule has 0 aliphatic carbocycles. The second-order valence-electron chi connectivity index (χ2n) is 26.1. The standard InChI is InChI=1S/C60H80N8O4S4/c1-57(2,3)45-21-37-29-61-13-15-63(53(61)73)31-39-23-46(58(4,5)6)25-41(50(39)70)33-65-17-19-67(55(65)75)35-43-27-48(60(10,11)12)28-44(52(43)72)36-68-20-18-66(56(68)76)34-42-26-47(59(7,8)9)24-40(51(42)71)32-64-16-14-62(54(64)74)30-38(22-45)49(37)69/h21-28,69-72H,13-20,29-36H2,1-12H3. The average molecular weight is 1110 g/mol. The van der Waals surface area contributed by atoms with Gasteiger partial charge in [-0.05, 0) is 141 Å². The molecular weight excluding hydrogens is 1020 g/mol. The van der Waals surface area contributed by atoms with Gasteiger partial charge in [-0.15, -0.1) is 0 Å². The molecule has 16 heteroatoms. The first-order valence-corrected chi connectivity index (χ1v) is 28.6. The fourth-order valence-electron chi connectivity index (χ4n) is 11.1. The van der Waals surface area contributed by atoms with E-state index in [0.29, 0.717) is 125 Å². The number of phenolic OH excluding ortho intramolecular Hbond substituents is 4. The number of aromatic hydroxyl groups is 4. The Morgan fingerprint density at radius 1 is 0.263 bits per heavy atom. The van der Waals surface area contributed by atoms with Gasteiger partial charge in [0.05, 0.1) is 0 Å². The SMILES string of the molecule is CC(C)(C)c1cc2c(O)c(c1)CN1CCN(Cc3cc(C(C)(C)C)cc(c3O)CN3CCN(Cc4cc(C(C)(C)C)cc(c4O)CN4CCN(Cc5cc(C(C)(C)C)cc(c5O)CN5CCN(C2)C5=S)C4=S)C3=S)C1=S. The van der Waals surface area contributed by atoms with Gasteiger partial charge in [-0.2, -0.15) is 0 Å². The van der Waals surface area contributed by atoms with E-state index in [-0.39, 0.29) is 44.7 Å². The van der Waals surface area contributed by atoms with Crippen molar-refractivity contribution in [3.8, 4) is 23.0 Å². The predicted octanol–water partition coefficient (Wildman–Crippen LogP) is 10.4. The van der Waals surface area contributed by atoms with Crippen molar-refractivity contribution >= 4 is 69.3 Å². The third kappa shape index (κ3) is 11.4. The third-order valence-electron chi connectivity index (χ3n) is 16.1. The van der Waals surface area contributed by atoms with Crippen molar-refractivity contribution in [2.24, 2.45) is 0 Å². The first-order valence-electron chi connectivity index (χ1n) is 27.0. The lowest BCUT2D eigenvalue weighted by molar-refractivity contribution is 0.404. The molecule has 12 nitrogen and oxygen atoms in total. The molecule has 4 aromatic rings. The van der Waals surface area contributed by atoms with Crippen LogP contribution in [0.15, 0.2) is 48.5 Å². The molecule has 0 unspecified atom stereocenters. The summed E-state index contributed by atoms with van der Waals surface area (Å²) in [7, 11) is 0. The molecule has 0 atom stereocenters. The van der Waals surface area contributed by atoms with Gasteiger partial charge in [0.1, 0.15) is 23.0 Å². The lowest BCUT2D eigenvalue weighted by atomic mass is 9.84. The van der Waals surface area contributed by atoms with E-state index in [1.807, 2.05) is 0 Å². The van der Waals surface area contributed by atoms with E-state index in [0.717, 1.165) is 66.8 Å². The summed E-state index contributed by atoms with van der Waals surface area (Å²) in [5, 5.41) is 51.4. The highest BCUT2D eigenvalue weighted by Crippen LogP contribution is 2.40. The fraction of sp³-hybridized carbons (Fsp3) is 0.533. The van der Waals surface area contributed by atoms with Crippen molar-refractivity contribution in [2.45, 2.75) is 157 Å². The molecule has 5 aliphatic heterocycles. The highest BCUT2D eigenvalue weighted by Gasteiger charge is 2.35. The zero-order chi connectivity index (χ0) is 55.1. The van der Waals surface area contributed by atoms with E-state index in [2.05, 4.69) is 171 Å². The molecule has 408 valence electrons. The lowest BCUT2D eigenvalue weighted by Crippen LogP contribution is -2.33. The summed E-state index contributed by atoms with van der Waals surface area (Å²) in [5.74, 6) is 0.993. The van der Waals surface area contributed by atoms with Gasteiger partial charge in [0.2, 0.25) is 0 Å². The Morgan fingerprint density at radius 2 is 0.382 bits per heavy atom. The summed E-state index contributed by atoms with van der Waals surface area (Å²) in [6, 6.07) is 17.0. The summed E-state index contributed by atoms with van der Waals surface area (Å²) < 4.78 is 0. The van der Waals surface area contributed by atoms with Gasteiger partial charge >= 0.3 is 0 Å². The Kier molecular flexibility index (Phi) is 15.0. The minimum Gasteiger partial charge on any atom is -0.507 e. The van der Waals surface area contributed by atoms with Crippen LogP contribution >= 0.6 is 48.9 Å². The number of thiocarbonyl (C=S) groups is 4. The molecule has 0 aromatic heterocycles. The summed E-state index contributed by atoms with van der Waals surface area (Å²) in [6.45, 7) is 35.2. The zero-order valence-corrected chi connectivity index (χ0v) is 50.2. The second kappa shape index (κ2) is 20.6. The van der Waals surface area contributed by atoms with Crippen LogP contribution in [0.2, 0.25) is 0 Å². The van der Waals surface area contributed by atoms with Crippen molar-refractivity contribution in [3.05, 3.63) is 115 Å². The van der Waals surface area contributed by atoms with Crippen LogP contribution in [0.1, 0.15) is 150 Å². The van der Waals surface area contributed by atoms with Gasteiger partial charge in [0.25, 0.3) is 0 Å². The van der Waals surface area contributed by atoms with Crippen LogP contribution in [0.5, 0.6) is 23.0 Å². The molecule has 4 fully saturated rings. The number of nitrogens with zero attached hydrogens (tertiary/aromatic N) is 8. The van der Waals surface area contributed by atoms with Crippen molar-refractivity contribution in [1.82, 2.24) is 39.2 Å². The highest BCUT2D eigenvalue weighted by molar-refractivity contribution is 7.80. The largest absolute Gasteiger partial charge is 0.507 e. The predicted molar refractivity (Wildman–Crippen MR) is 321 cm³/mol. The molecule has 0 amide bonds. The van der Waals surface area contributed by atoms with Crippen LogP contribution in [-0.2, 0) is 74.0 Å². The van der Waals surface area contributed by atoms with Crippen molar-refractivity contribution < 1.29 is 20.4 Å². The van der Waals surface area contributed by atoms with E-state index in [4.69, 9.17) is 48.9 Å². The molecule has 0 saturated carbocycles. The molecule has 4 aromatic carbocycles. The van der Waals surface area contributed by atoms with Crippen LogP contribution in [0, 0.1) is 0 Å². The van der Waals surface area contributed by atoms with Crippen molar-refractivity contribution in [2.75, 3.05) is 52.4 Å². The number of hydrogen-bond acceptors (Lipinski definition) is 8. The van der Waals surface area contributed by atoms with E-state index in [9.17, 15) is 20.4 Å². The molecule has 5 heterocycles. The molecule has 0 spiro atoms. The van der Waals surface area contributed by atoms with Gasteiger partial charge in [-0.25, -0.2) is 0 Å². The maximum atomic E-state index is 12.2. The Balaban J connectivity index is 1.09. The van der Waals surface area contributed by atoms with Crippen LogP contribution in [0.25, 0.3) is 0 Å². The number of phenols is 4. The zero-order valence-electron chi connectivity index (χ0n) is 46.9. The molecular formula is C60H80N8O4S4. The molecule has 4 saturated heterocycles. The maximum absolute atomic E-state index is 12.2. The normalized spacial score (nSPS) is 18.6. The fourth-order valence-corrected chi connectivity index (χ4v) is 12.3. The van der Waals surface area contributed by atoms with E-state index in [1.54, 1.807) is 0 Å². The Bertz CT molecular complexity index is 2440. The average Bonchev–Trinajstić information content (AvgIpc) is 4.06. The molecule has 9 rings (SSSR count). The van der Waals surface area contributed by atoms with Crippen molar-refractivity contribution in [1.29, 1.82) is 0 Å². The molecule has 16 bridgehead atoms. The first kappa shape index (κ1) is 55.6. The second-order valence-corrected chi connectivity index (χ2v) is 27.5. The van der Waals surface area contributed by atoms with Gasteiger partial charge in [-0.3, -0.25) is 0 Å². The monoisotopic (exact) mass is 1100 g/mol. The van der Waals surface area contributed by atoms with Crippen LogP contribution in [0.3, 0.4) is 0 Å². The maximum Gasteiger partial charge on any atom is 0.172 e.